The average molecular weight is 264 g/mol. The molecule has 1 aliphatic carbocycles. The third kappa shape index (κ3) is 4.29. The van der Waals surface area contributed by atoms with Gasteiger partial charge in [-0.2, -0.15) is 0 Å². The van der Waals surface area contributed by atoms with Crippen molar-refractivity contribution in [3.63, 3.8) is 0 Å². The molecule has 1 aliphatic rings. The van der Waals surface area contributed by atoms with E-state index in [9.17, 15) is 4.39 Å². The highest BCUT2D eigenvalue weighted by Crippen LogP contribution is 2.24. The summed E-state index contributed by atoms with van der Waals surface area (Å²) in [7, 11) is 2.12. The largest absolute Gasteiger partial charge is 0.326 e. The van der Waals surface area contributed by atoms with Gasteiger partial charge in [0.2, 0.25) is 0 Å². The molecule has 3 heteroatoms. The second-order valence-corrected chi connectivity index (χ2v) is 5.82. The normalized spacial score (nSPS) is 17.1. The molecule has 0 radical (unpaired) electrons. The van der Waals surface area contributed by atoms with Gasteiger partial charge >= 0.3 is 0 Å². The van der Waals surface area contributed by atoms with Gasteiger partial charge in [-0.1, -0.05) is 25.3 Å². The maximum Gasteiger partial charge on any atom is 0.123 e. The summed E-state index contributed by atoms with van der Waals surface area (Å²) in [5.41, 5.74) is 7.80. The van der Waals surface area contributed by atoms with Gasteiger partial charge in [0.15, 0.2) is 0 Å². The first kappa shape index (κ1) is 14.5. The van der Waals surface area contributed by atoms with Crippen LogP contribution in [-0.2, 0) is 13.1 Å². The van der Waals surface area contributed by atoms with Crippen LogP contribution in [0, 0.1) is 11.7 Å². The second kappa shape index (κ2) is 7.01. The van der Waals surface area contributed by atoms with E-state index in [1.807, 2.05) is 0 Å². The zero-order chi connectivity index (χ0) is 13.7. The van der Waals surface area contributed by atoms with Gasteiger partial charge in [0.1, 0.15) is 5.82 Å². The second-order valence-electron chi connectivity index (χ2n) is 5.82. The zero-order valence-corrected chi connectivity index (χ0v) is 11.9. The van der Waals surface area contributed by atoms with Crippen LogP contribution in [0.3, 0.4) is 0 Å². The maximum absolute atomic E-state index is 13.3. The summed E-state index contributed by atoms with van der Waals surface area (Å²) >= 11 is 0. The van der Waals surface area contributed by atoms with Crippen molar-refractivity contribution in [2.75, 3.05) is 13.6 Å². The summed E-state index contributed by atoms with van der Waals surface area (Å²) in [5, 5.41) is 0. The zero-order valence-electron chi connectivity index (χ0n) is 11.9. The quantitative estimate of drug-likeness (QED) is 0.884. The lowest BCUT2D eigenvalue weighted by molar-refractivity contribution is 0.227. The van der Waals surface area contributed by atoms with E-state index in [1.165, 1.54) is 38.2 Å². The van der Waals surface area contributed by atoms with Crippen molar-refractivity contribution in [2.45, 2.75) is 45.2 Å². The van der Waals surface area contributed by atoms with E-state index in [0.29, 0.717) is 6.54 Å². The number of benzene rings is 1. The van der Waals surface area contributed by atoms with E-state index < -0.39 is 0 Å². The third-order valence-electron chi connectivity index (χ3n) is 4.12. The van der Waals surface area contributed by atoms with Gasteiger partial charge in [-0.25, -0.2) is 4.39 Å². The molecule has 106 valence electrons. The number of halogens is 1. The maximum atomic E-state index is 13.3. The van der Waals surface area contributed by atoms with Gasteiger partial charge in [0, 0.05) is 19.6 Å². The van der Waals surface area contributed by atoms with Crippen LogP contribution >= 0.6 is 0 Å². The monoisotopic (exact) mass is 264 g/mol. The molecule has 2 N–H and O–H groups in total. The van der Waals surface area contributed by atoms with Crippen LogP contribution < -0.4 is 5.73 Å². The Bertz CT molecular complexity index is 400. The van der Waals surface area contributed by atoms with Gasteiger partial charge in [-0.3, -0.25) is 0 Å². The first-order valence-corrected chi connectivity index (χ1v) is 7.35. The Labute approximate surface area is 115 Å². The molecule has 1 aromatic rings. The minimum atomic E-state index is -0.168. The van der Waals surface area contributed by atoms with E-state index >= 15 is 0 Å². The highest BCUT2D eigenvalue weighted by Gasteiger charge is 2.16. The molecule has 1 fully saturated rings. The van der Waals surface area contributed by atoms with Gasteiger partial charge < -0.3 is 10.6 Å². The molecule has 2 nitrogen and oxygen atoms in total. The van der Waals surface area contributed by atoms with E-state index in [1.54, 1.807) is 12.1 Å². The number of hydrogen-bond acceptors (Lipinski definition) is 2. The minimum Gasteiger partial charge on any atom is -0.326 e. The van der Waals surface area contributed by atoms with Gasteiger partial charge in [0.25, 0.3) is 0 Å². The molecule has 0 saturated heterocycles. The van der Waals surface area contributed by atoms with Crippen molar-refractivity contribution in [1.82, 2.24) is 4.90 Å². The third-order valence-corrected chi connectivity index (χ3v) is 4.12. The van der Waals surface area contributed by atoms with Gasteiger partial charge in [0.05, 0.1) is 0 Å². The Kier molecular flexibility index (Phi) is 5.34. The highest BCUT2D eigenvalue weighted by atomic mass is 19.1. The predicted molar refractivity (Wildman–Crippen MR) is 77.2 cm³/mol. The van der Waals surface area contributed by atoms with Crippen LogP contribution in [0.15, 0.2) is 18.2 Å². The Morgan fingerprint density at radius 1 is 1.21 bits per heavy atom. The van der Waals surface area contributed by atoms with Crippen LogP contribution in [0.1, 0.15) is 43.2 Å². The fraction of sp³-hybridized carbons (Fsp3) is 0.625. The van der Waals surface area contributed by atoms with Crippen LogP contribution in [-0.4, -0.2) is 18.5 Å². The SMILES string of the molecule is CN(Cc1cc(F)ccc1CN)CC1CCCCC1. The van der Waals surface area contributed by atoms with Gasteiger partial charge in [-0.15, -0.1) is 0 Å². The van der Waals surface area contributed by atoms with Crippen LogP contribution in [0.25, 0.3) is 0 Å². The molecule has 0 spiro atoms. The number of hydrogen-bond donors (Lipinski definition) is 1. The van der Waals surface area contributed by atoms with Crippen molar-refractivity contribution >= 4 is 0 Å². The fourth-order valence-corrected chi connectivity index (χ4v) is 3.11. The summed E-state index contributed by atoms with van der Waals surface area (Å²) in [6.45, 7) is 2.38. The number of nitrogens with zero attached hydrogens (tertiary/aromatic N) is 1. The highest BCUT2D eigenvalue weighted by molar-refractivity contribution is 5.27. The minimum absolute atomic E-state index is 0.168. The standard InChI is InChI=1S/C16H25FN2/c1-19(11-13-5-3-2-4-6-13)12-15-9-16(17)8-7-14(15)10-18/h7-9,13H,2-6,10-12,18H2,1H3. The van der Waals surface area contributed by atoms with E-state index in [4.69, 9.17) is 5.73 Å². The first-order valence-electron chi connectivity index (χ1n) is 7.35. The lowest BCUT2D eigenvalue weighted by Gasteiger charge is -2.27. The van der Waals surface area contributed by atoms with Crippen molar-refractivity contribution < 1.29 is 4.39 Å². The number of nitrogens with two attached hydrogens (primary N) is 1. The smallest absolute Gasteiger partial charge is 0.123 e. The Balaban J connectivity index is 1.93. The molecule has 2 rings (SSSR count). The summed E-state index contributed by atoms with van der Waals surface area (Å²) < 4.78 is 13.3. The van der Waals surface area contributed by atoms with Crippen LogP contribution in [0.2, 0.25) is 0 Å². The lowest BCUT2D eigenvalue weighted by atomic mass is 9.89. The summed E-state index contributed by atoms with van der Waals surface area (Å²) in [6, 6.07) is 4.92. The molecule has 0 bridgehead atoms. The molecule has 19 heavy (non-hydrogen) atoms. The molecule has 0 aromatic heterocycles. The molecular weight excluding hydrogens is 239 g/mol. The van der Waals surface area contributed by atoms with Crippen molar-refractivity contribution in [3.05, 3.63) is 35.1 Å². The molecule has 0 heterocycles. The van der Waals surface area contributed by atoms with Crippen LogP contribution in [0.5, 0.6) is 0 Å². The molecule has 1 saturated carbocycles. The Hall–Kier alpha value is -0.930. The molecular formula is C16H25FN2. The van der Waals surface area contributed by atoms with Crippen molar-refractivity contribution in [3.8, 4) is 0 Å². The Morgan fingerprint density at radius 2 is 1.95 bits per heavy atom. The summed E-state index contributed by atoms with van der Waals surface area (Å²) in [6.07, 6.45) is 6.81. The predicted octanol–water partition coefficient (Wildman–Crippen LogP) is 3.30. The van der Waals surface area contributed by atoms with E-state index in [0.717, 1.165) is 30.1 Å². The topological polar surface area (TPSA) is 29.3 Å². The van der Waals surface area contributed by atoms with Crippen molar-refractivity contribution in [1.29, 1.82) is 0 Å². The van der Waals surface area contributed by atoms with Crippen LogP contribution in [0.4, 0.5) is 4.39 Å². The van der Waals surface area contributed by atoms with Crippen molar-refractivity contribution in [2.24, 2.45) is 11.7 Å². The van der Waals surface area contributed by atoms with E-state index in [-0.39, 0.29) is 5.82 Å². The van der Waals surface area contributed by atoms with Gasteiger partial charge in [-0.05, 0) is 49.1 Å². The average Bonchev–Trinajstić information content (AvgIpc) is 2.40. The molecule has 0 aliphatic heterocycles. The summed E-state index contributed by atoms with van der Waals surface area (Å²) in [5.74, 6) is 0.645. The first-order chi connectivity index (χ1) is 9.19. The lowest BCUT2D eigenvalue weighted by Crippen LogP contribution is -2.27. The van der Waals surface area contributed by atoms with E-state index in [2.05, 4.69) is 11.9 Å². The molecule has 0 unspecified atom stereocenters. The number of rotatable bonds is 5. The Morgan fingerprint density at radius 3 is 2.63 bits per heavy atom. The molecule has 0 atom stereocenters. The fourth-order valence-electron chi connectivity index (χ4n) is 3.11. The molecule has 1 aromatic carbocycles. The molecule has 0 amide bonds. The summed E-state index contributed by atoms with van der Waals surface area (Å²) in [4.78, 5) is 2.31.